The van der Waals surface area contributed by atoms with Crippen molar-refractivity contribution in [3.63, 3.8) is 0 Å². The summed E-state index contributed by atoms with van der Waals surface area (Å²) >= 11 is 0. The van der Waals surface area contributed by atoms with Crippen molar-refractivity contribution in [3.05, 3.63) is 35.1 Å². The Balaban J connectivity index is 0.00000132. The normalized spacial score (nSPS) is 21.1. The topological polar surface area (TPSA) is 15.3 Å². The predicted molar refractivity (Wildman–Crippen MR) is 99.4 cm³/mol. The lowest BCUT2D eigenvalue weighted by atomic mass is 9.80. The van der Waals surface area contributed by atoms with E-state index < -0.39 is 0 Å². The molecule has 0 radical (unpaired) electrons. The van der Waals surface area contributed by atoms with E-state index in [1.165, 1.54) is 37.7 Å². The molecule has 0 unspecified atom stereocenters. The summed E-state index contributed by atoms with van der Waals surface area (Å²) in [6.07, 6.45) is 6.74. The zero-order chi connectivity index (χ0) is 14.7. The number of nitrogens with one attached hydrogen (secondary N) is 1. The number of hydrogen-bond donors (Lipinski definition) is 1. The summed E-state index contributed by atoms with van der Waals surface area (Å²) in [6, 6.07) is 6.23. The van der Waals surface area contributed by atoms with Crippen LogP contribution in [0.3, 0.4) is 0 Å². The minimum absolute atomic E-state index is 0. The van der Waals surface area contributed by atoms with Crippen molar-refractivity contribution in [2.75, 3.05) is 26.2 Å². The number of rotatable bonds is 3. The van der Waals surface area contributed by atoms with Crippen molar-refractivity contribution in [1.82, 2.24) is 10.2 Å². The average molecular weight is 363 g/mol. The van der Waals surface area contributed by atoms with Crippen LogP contribution >= 0.6 is 24.8 Å². The summed E-state index contributed by atoms with van der Waals surface area (Å²) in [5.74, 6) is 0.656. The summed E-state index contributed by atoms with van der Waals surface area (Å²) in [5, 5.41) is 3.44. The second-order valence-corrected chi connectivity index (χ2v) is 6.64. The van der Waals surface area contributed by atoms with Crippen LogP contribution in [0.25, 0.3) is 0 Å². The summed E-state index contributed by atoms with van der Waals surface area (Å²) in [6.45, 7) is 6.25. The van der Waals surface area contributed by atoms with Crippen LogP contribution in [0.2, 0.25) is 0 Å². The Morgan fingerprint density at radius 1 is 1.09 bits per heavy atom. The molecular weight excluding hydrogens is 334 g/mol. The fraction of sp³-hybridized carbons (Fsp3) is 0.667. The second kappa shape index (κ2) is 9.83. The molecule has 23 heavy (non-hydrogen) atoms. The molecule has 1 aliphatic heterocycles. The number of hydrogen-bond acceptors (Lipinski definition) is 2. The first kappa shape index (κ1) is 20.7. The molecule has 1 N–H and O–H groups in total. The van der Waals surface area contributed by atoms with Gasteiger partial charge in [0.2, 0.25) is 0 Å². The zero-order valence-electron chi connectivity index (χ0n) is 13.9. The van der Waals surface area contributed by atoms with Crippen LogP contribution in [0.5, 0.6) is 0 Å². The number of nitrogens with zero attached hydrogens (tertiary/aromatic N) is 1. The largest absolute Gasteiger partial charge is 0.314 e. The first-order valence-electron chi connectivity index (χ1n) is 8.46. The highest BCUT2D eigenvalue weighted by Crippen LogP contribution is 2.38. The highest BCUT2D eigenvalue weighted by atomic mass is 35.5. The van der Waals surface area contributed by atoms with Gasteiger partial charge in [0, 0.05) is 32.2 Å². The Hall–Kier alpha value is -0.350. The molecule has 0 aromatic heterocycles. The van der Waals surface area contributed by atoms with Crippen molar-refractivity contribution in [1.29, 1.82) is 0 Å². The fourth-order valence-corrected chi connectivity index (χ4v) is 4.04. The molecule has 1 saturated heterocycles. The third-order valence-corrected chi connectivity index (χ3v) is 5.16. The van der Waals surface area contributed by atoms with E-state index in [0.717, 1.165) is 37.7 Å². The van der Waals surface area contributed by atoms with E-state index in [4.69, 9.17) is 0 Å². The Labute approximate surface area is 152 Å². The van der Waals surface area contributed by atoms with Gasteiger partial charge < -0.3 is 5.32 Å². The van der Waals surface area contributed by atoms with E-state index in [2.05, 4.69) is 16.3 Å². The van der Waals surface area contributed by atoms with Crippen LogP contribution in [0.15, 0.2) is 18.2 Å². The molecule has 1 aromatic rings. The van der Waals surface area contributed by atoms with Gasteiger partial charge in [0.25, 0.3) is 0 Å². The third-order valence-electron chi connectivity index (χ3n) is 5.16. The van der Waals surface area contributed by atoms with Crippen LogP contribution in [-0.2, 0) is 0 Å². The Kier molecular flexibility index (Phi) is 8.84. The third kappa shape index (κ3) is 5.06. The summed E-state index contributed by atoms with van der Waals surface area (Å²) in [5.41, 5.74) is 2.10. The molecule has 2 nitrogen and oxygen atoms in total. The molecule has 3 rings (SSSR count). The predicted octanol–water partition coefficient (Wildman–Crippen LogP) is 4.50. The van der Waals surface area contributed by atoms with Crippen molar-refractivity contribution in [3.8, 4) is 0 Å². The minimum Gasteiger partial charge on any atom is -0.314 e. The lowest BCUT2D eigenvalue weighted by Gasteiger charge is -2.41. The van der Waals surface area contributed by atoms with Gasteiger partial charge in [-0.15, -0.1) is 24.8 Å². The quantitative estimate of drug-likeness (QED) is 0.850. The van der Waals surface area contributed by atoms with E-state index in [1.54, 1.807) is 6.07 Å². The van der Waals surface area contributed by atoms with Crippen molar-refractivity contribution in [2.45, 2.75) is 45.1 Å². The maximum atomic E-state index is 13.6. The van der Waals surface area contributed by atoms with Gasteiger partial charge in [-0.3, -0.25) is 4.90 Å². The first-order chi connectivity index (χ1) is 10.3. The number of aryl methyl sites for hydroxylation is 1. The molecule has 0 amide bonds. The van der Waals surface area contributed by atoms with Gasteiger partial charge in [0.05, 0.1) is 0 Å². The van der Waals surface area contributed by atoms with Crippen LogP contribution < -0.4 is 5.32 Å². The summed E-state index contributed by atoms with van der Waals surface area (Å²) in [4.78, 5) is 2.62. The first-order valence-corrected chi connectivity index (χ1v) is 8.46. The van der Waals surface area contributed by atoms with Crippen molar-refractivity contribution >= 4 is 24.8 Å². The maximum Gasteiger partial charge on any atom is 0.126 e. The molecule has 1 heterocycles. The summed E-state index contributed by atoms with van der Waals surface area (Å²) < 4.78 is 13.6. The summed E-state index contributed by atoms with van der Waals surface area (Å²) in [7, 11) is 0. The van der Waals surface area contributed by atoms with Crippen LogP contribution in [0, 0.1) is 18.7 Å². The number of piperazine rings is 1. The van der Waals surface area contributed by atoms with Crippen LogP contribution in [-0.4, -0.2) is 31.1 Å². The number of benzene rings is 1. The highest BCUT2D eigenvalue weighted by Gasteiger charge is 2.31. The van der Waals surface area contributed by atoms with Gasteiger partial charge in [0.1, 0.15) is 5.82 Å². The molecule has 1 aromatic carbocycles. The Bertz CT molecular complexity index is 454. The average Bonchev–Trinajstić information content (AvgIpc) is 2.53. The van der Waals surface area contributed by atoms with Gasteiger partial charge in [0.15, 0.2) is 0 Å². The molecule has 2 fully saturated rings. The van der Waals surface area contributed by atoms with E-state index in [1.807, 2.05) is 13.0 Å². The van der Waals surface area contributed by atoms with Crippen molar-refractivity contribution < 1.29 is 4.39 Å². The van der Waals surface area contributed by atoms with Gasteiger partial charge in [-0.1, -0.05) is 31.4 Å². The van der Waals surface area contributed by atoms with Crippen molar-refractivity contribution in [2.24, 2.45) is 5.92 Å². The molecule has 0 bridgehead atoms. The molecule has 2 aliphatic rings. The molecule has 0 spiro atoms. The molecule has 1 atom stereocenters. The van der Waals surface area contributed by atoms with Gasteiger partial charge >= 0.3 is 0 Å². The monoisotopic (exact) mass is 362 g/mol. The van der Waals surface area contributed by atoms with Gasteiger partial charge in [-0.05, 0) is 42.9 Å². The lowest BCUT2D eigenvalue weighted by molar-refractivity contribution is 0.103. The SMILES string of the molecule is Cc1cc([C@@H](C2CCCCC2)N2CCNCC2)ccc1F.Cl.Cl. The smallest absolute Gasteiger partial charge is 0.126 e. The maximum absolute atomic E-state index is 13.6. The molecule has 132 valence electrons. The van der Waals surface area contributed by atoms with Gasteiger partial charge in [-0.25, -0.2) is 4.39 Å². The minimum atomic E-state index is -0.0820. The van der Waals surface area contributed by atoms with Crippen LogP contribution in [0.4, 0.5) is 4.39 Å². The zero-order valence-corrected chi connectivity index (χ0v) is 15.5. The highest BCUT2D eigenvalue weighted by molar-refractivity contribution is 5.85. The van der Waals surface area contributed by atoms with E-state index >= 15 is 0 Å². The van der Waals surface area contributed by atoms with E-state index in [0.29, 0.717) is 6.04 Å². The molecular formula is C18H29Cl2FN2. The fourth-order valence-electron chi connectivity index (χ4n) is 4.04. The second-order valence-electron chi connectivity index (χ2n) is 6.64. The lowest BCUT2D eigenvalue weighted by Crippen LogP contribution is -2.47. The Morgan fingerprint density at radius 2 is 1.74 bits per heavy atom. The number of halogens is 3. The molecule has 1 aliphatic carbocycles. The Morgan fingerprint density at radius 3 is 2.35 bits per heavy atom. The van der Waals surface area contributed by atoms with Crippen LogP contribution in [0.1, 0.15) is 49.3 Å². The van der Waals surface area contributed by atoms with Gasteiger partial charge in [-0.2, -0.15) is 0 Å². The van der Waals surface area contributed by atoms with E-state index in [-0.39, 0.29) is 30.6 Å². The standard InChI is InChI=1S/C18H27FN2.2ClH/c1-14-13-16(7-8-17(14)19)18(15-5-3-2-4-6-15)21-11-9-20-10-12-21;;/h7-8,13,15,18,20H,2-6,9-12H2,1H3;2*1H/t18-;;/m1../s1. The molecule has 1 saturated carbocycles. The molecule has 5 heteroatoms. The van der Waals surface area contributed by atoms with E-state index in [9.17, 15) is 4.39 Å².